The van der Waals surface area contributed by atoms with E-state index in [1.807, 2.05) is 118 Å². The molecule has 10 heteroatoms. The maximum atomic E-state index is 11.4. The van der Waals surface area contributed by atoms with E-state index in [9.17, 15) is 8.42 Å². The molecule has 0 aliphatic carbocycles. The molecule has 3 aromatic carbocycles. The molecular formula is C39H30ClN5O3S. The summed E-state index contributed by atoms with van der Waals surface area (Å²) in [6.45, 7) is 0.197. The van der Waals surface area contributed by atoms with Crippen molar-refractivity contribution in [3.8, 4) is 29.4 Å². The minimum atomic E-state index is -3.36. The van der Waals surface area contributed by atoms with Crippen molar-refractivity contribution < 1.29 is 13.2 Å². The molecule has 4 heterocycles. The molecule has 7 aromatic rings. The summed E-state index contributed by atoms with van der Waals surface area (Å²) in [6, 6.07) is 38.0. The average molecular weight is 684 g/mol. The Balaban J connectivity index is 0.000000188. The Bertz CT molecular complexity index is 2450. The fourth-order valence-corrected chi connectivity index (χ4v) is 5.61. The van der Waals surface area contributed by atoms with E-state index in [4.69, 9.17) is 16.3 Å². The zero-order valence-electron chi connectivity index (χ0n) is 26.4. The highest BCUT2D eigenvalue weighted by Crippen LogP contribution is 2.21. The van der Waals surface area contributed by atoms with E-state index in [1.165, 1.54) is 0 Å². The Morgan fingerprint density at radius 2 is 1.20 bits per heavy atom. The first-order valence-corrected chi connectivity index (χ1v) is 17.6. The summed E-state index contributed by atoms with van der Waals surface area (Å²) in [7, 11) is -3.36. The number of alkyl halides is 1. The second-order valence-electron chi connectivity index (χ2n) is 10.7. The zero-order valence-corrected chi connectivity index (χ0v) is 28.0. The van der Waals surface area contributed by atoms with Crippen LogP contribution in [0.4, 0.5) is 5.69 Å². The maximum Gasteiger partial charge on any atom is 0.229 e. The number of nitrogens with zero attached hydrogens (tertiary/aromatic N) is 4. The van der Waals surface area contributed by atoms with Gasteiger partial charge in [-0.25, -0.2) is 18.4 Å². The van der Waals surface area contributed by atoms with Crippen molar-refractivity contribution in [2.75, 3.05) is 11.0 Å². The lowest BCUT2D eigenvalue weighted by atomic mass is 10.2. The fraction of sp³-hybridized carbons (Fsp3) is 0.0769. The second-order valence-corrected chi connectivity index (χ2v) is 12.7. The van der Waals surface area contributed by atoms with Crippen molar-refractivity contribution in [1.82, 2.24) is 18.8 Å². The van der Waals surface area contributed by atoms with Gasteiger partial charge in [-0.2, -0.15) is 0 Å². The number of pyridine rings is 2. The molecule has 0 unspecified atom stereocenters. The molecule has 0 atom stereocenters. The summed E-state index contributed by atoms with van der Waals surface area (Å²) in [6.07, 6.45) is 4.97. The summed E-state index contributed by atoms with van der Waals surface area (Å²) in [5.74, 6) is 13.6. The Kier molecular flexibility index (Phi) is 10.3. The van der Waals surface area contributed by atoms with Crippen molar-refractivity contribution in [1.29, 1.82) is 0 Å². The van der Waals surface area contributed by atoms with Gasteiger partial charge in [0.25, 0.3) is 0 Å². The first-order valence-electron chi connectivity index (χ1n) is 15.2. The number of benzene rings is 3. The minimum Gasteiger partial charge on any atom is -0.487 e. The van der Waals surface area contributed by atoms with E-state index in [2.05, 4.69) is 38.4 Å². The maximum absolute atomic E-state index is 11.4. The summed E-state index contributed by atoms with van der Waals surface area (Å²) < 4.78 is 35.1. The van der Waals surface area contributed by atoms with Gasteiger partial charge in [0.1, 0.15) is 40.7 Å². The predicted octanol–water partition coefficient (Wildman–Crippen LogP) is 7.16. The summed E-state index contributed by atoms with van der Waals surface area (Å²) in [5.41, 5.74) is 7.10. The minimum absolute atomic E-state index is 0.197. The molecule has 7 rings (SSSR count). The number of ether oxygens (including phenoxy) is 1. The standard InChI is InChI=1S/C23H19N3O3S.C16H11ClN2/c1-30(27,28)25-19-10-7-11-20(16-19)29-17-21-22(14-13-18-8-3-2-4-9-18)26-15-6-5-12-23(26)24-21;17-12-14-15(10-9-13-6-2-1-3-7-13)19-11-5-4-8-16(19)18-14/h2-12,15-16,25H,17H2,1H3;1-8,11H,12H2. The first kappa shape index (κ1) is 32.9. The summed E-state index contributed by atoms with van der Waals surface area (Å²) in [5, 5.41) is 0. The molecule has 242 valence electrons. The number of fused-ring (bicyclic) bond motifs is 2. The molecule has 0 radical (unpaired) electrons. The zero-order chi connectivity index (χ0) is 34.1. The van der Waals surface area contributed by atoms with Gasteiger partial charge in [0.2, 0.25) is 10.0 Å². The van der Waals surface area contributed by atoms with Gasteiger partial charge in [0.05, 0.1) is 23.5 Å². The Labute approximate surface area is 290 Å². The predicted molar refractivity (Wildman–Crippen MR) is 194 cm³/mol. The number of hydrogen-bond donors (Lipinski definition) is 1. The number of hydrogen-bond acceptors (Lipinski definition) is 5. The highest BCUT2D eigenvalue weighted by Gasteiger charge is 2.12. The number of rotatable bonds is 6. The molecule has 0 saturated carbocycles. The number of sulfonamides is 1. The molecule has 1 N–H and O–H groups in total. The lowest BCUT2D eigenvalue weighted by molar-refractivity contribution is 0.302. The molecule has 0 fully saturated rings. The van der Waals surface area contributed by atoms with Crippen LogP contribution < -0.4 is 9.46 Å². The molecule has 49 heavy (non-hydrogen) atoms. The monoisotopic (exact) mass is 683 g/mol. The Hall–Kier alpha value is -6.00. The summed E-state index contributed by atoms with van der Waals surface area (Å²) in [4.78, 5) is 9.12. The van der Waals surface area contributed by atoms with Crippen molar-refractivity contribution >= 4 is 38.6 Å². The number of halogens is 1. The lowest BCUT2D eigenvalue weighted by Gasteiger charge is -2.08. The van der Waals surface area contributed by atoms with Gasteiger partial charge in [-0.05, 0) is 72.5 Å². The van der Waals surface area contributed by atoms with Crippen molar-refractivity contribution in [3.63, 3.8) is 0 Å². The molecule has 0 spiro atoms. The third-order valence-electron chi connectivity index (χ3n) is 7.04. The highest BCUT2D eigenvalue weighted by atomic mass is 35.5. The molecule has 0 aliphatic rings. The number of imidazole rings is 2. The first-order chi connectivity index (χ1) is 23.9. The summed E-state index contributed by atoms with van der Waals surface area (Å²) >= 11 is 5.94. The van der Waals surface area contributed by atoms with Crippen LogP contribution in [0.15, 0.2) is 134 Å². The molecule has 4 aromatic heterocycles. The van der Waals surface area contributed by atoms with E-state index in [0.717, 1.165) is 45.8 Å². The van der Waals surface area contributed by atoms with Crippen LogP contribution in [0.3, 0.4) is 0 Å². The van der Waals surface area contributed by atoms with E-state index >= 15 is 0 Å². The smallest absolute Gasteiger partial charge is 0.229 e. The van der Waals surface area contributed by atoms with Crippen LogP contribution in [-0.4, -0.2) is 33.4 Å². The molecule has 0 bridgehead atoms. The van der Waals surface area contributed by atoms with Gasteiger partial charge in [-0.1, -0.05) is 66.4 Å². The van der Waals surface area contributed by atoms with Crippen LogP contribution in [0.1, 0.15) is 33.9 Å². The van der Waals surface area contributed by atoms with Crippen molar-refractivity contribution in [2.45, 2.75) is 12.5 Å². The lowest BCUT2D eigenvalue weighted by Crippen LogP contribution is -2.09. The van der Waals surface area contributed by atoms with Crippen LogP contribution in [0, 0.1) is 23.7 Å². The van der Waals surface area contributed by atoms with E-state index in [-0.39, 0.29) is 6.61 Å². The molecule has 0 aliphatic heterocycles. The number of nitrogens with one attached hydrogen (secondary N) is 1. The Morgan fingerprint density at radius 1 is 0.673 bits per heavy atom. The van der Waals surface area contributed by atoms with Crippen LogP contribution in [0.25, 0.3) is 11.3 Å². The van der Waals surface area contributed by atoms with E-state index < -0.39 is 10.0 Å². The van der Waals surface area contributed by atoms with Crippen LogP contribution in [-0.2, 0) is 22.5 Å². The Morgan fingerprint density at radius 3 is 1.76 bits per heavy atom. The van der Waals surface area contributed by atoms with Crippen LogP contribution in [0.2, 0.25) is 0 Å². The third kappa shape index (κ3) is 8.68. The average Bonchev–Trinajstić information content (AvgIpc) is 3.67. The quantitative estimate of drug-likeness (QED) is 0.149. The van der Waals surface area contributed by atoms with Gasteiger partial charge < -0.3 is 4.74 Å². The van der Waals surface area contributed by atoms with Gasteiger partial charge in [-0.15, -0.1) is 11.6 Å². The van der Waals surface area contributed by atoms with Crippen LogP contribution in [0.5, 0.6) is 5.75 Å². The van der Waals surface area contributed by atoms with Crippen molar-refractivity contribution in [2.24, 2.45) is 0 Å². The largest absolute Gasteiger partial charge is 0.487 e. The number of anilines is 1. The fourth-order valence-electron chi connectivity index (χ4n) is 4.87. The topological polar surface area (TPSA) is 90.0 Å². The van der Waals surface area contributed by atoms with Gasteiger partial charge in [-0.3, -0.25) is 13.5 Å². The van der Waals surface area contributed by atoms with Crippen molar-refractivity contribution in [3.05, 3.63) is 168 Å². The highest BCUT2D eigenvalue weighted by molar-refractivity contribution is 7.92. The molecule has 8 nitrogen and oxygen atoms in total. The van der Waals surface area contributed by atoms with Gasteiger partial charge >= 0.3 is 0 Å². The van der Waals surface area contributed by atoms with Gasteiger partial charge in [0.15, 0.2) is 0 Å². The third-order valence-corrected chi connectivity index (χ3v) is 7.90. The number of aromatic nitrogens is 4. The van der Waals surface area contributed by atoms with Gasteiger partial charge in [0, 0.05) is 29.6 Å². The second kappa shape index (κ2) is 15.3. The molecule has 0 amide bonds. The van der Waals surface area contributed by atoms with E-state index in [1.54, 1.807) is 24.3 Å². The molecular weight excluding hydrogens is 654 g/mol. The van der Waals surface area contributed by atoms with E-state index in [0.29, 0.717) is 23.0 Å². The SMILES string of the molecule is CS(=O)(=O)Nc1cccc(OCc2nc3ccccn3c2C#Cc2ccccc2)c1.ClCc1nc2ccccn2c1C#Cc1ccccc1. The van der Waals surface area contributed by atoms with Crippen LogP contribution >= 0.6 is 11.6 Å². The molecule has 0 saturated heterocycles. The normalized spacial score (nSPS) is 10.7.